The number of benzene rings is 2. The van der Waals surface area contributed by atoms with Crippen LogP contribution in [0.5, 0.6) is 0 Å². The summed E-state index contributed by atoms with van der Waals surface area (Å²) in [4.78, 5) is 26.3. The number of nitrogens with zero attached hydrogens (tertiary/aromatic N) is 4. The molecule has 168 valence electrons. The van der Waals surface area contributed by atoms with Crippen molar-refractivity contribution in [2.24, 2.45) is 7.05 Å². The van der Waals surface area contributed by atoms with Crippen LogP contribution >= 0.6 is 11.8 Å². The molecule has 32 heavy (non-hydrogen) atoms. The lowest BCUT2D eigenvalue weighted by atomic mass is 10.1. The first-order valence-corrected chi connectivity index (χ1v) is 10.4. The molecule has 0 fully saturated rings. The summed E-state index contributed by atoms with van der Waals surface area (Å²) in [6.07, 6.45) is -2.87. The lowest BCUT2D eigenvalue weighted by molar-refractivity contribution is -0.137. The topological polar surface area (TPSA) is 80.1 Å². The van der Waals surface area contributed by atoms with Crippen LogP contribution < -0.4 is 5.32 Å². The summed E-state index contributed by atoms with van der Waals surface area (Å²) in [7, 11) is 3.33. The van der Waals surface area contributed by atoms with Crippen LogP contribution in [-0.2, 0) is 24.6 Å². The molecule has 0 unspecified atom stereocenters. The van der Waals surface area contributed by atoms with Crippen LogP contribution in [0.1, 0.15) is 21.5 Å². The van der Waals surface area contributed by atoms with E-state index in [2.05, 4.69) is 15.5 Å². The van der Waals surface area contributed by atoms with Crippen molar-refractivity contribution in [3.8, 4) is 0 Å². The Morgan fingerprint density at radius 3 is 2.50 bits per heavy atom. The normalized spacial score (nSPS) is 11.3. The van der Waals surface area contributed by atoms with E-state index in [4.69, 9.17) is 0 Å². The van der Waals surface area contributed by atoms with Gasteiger partial charge in [-0.1, -0.05) is 30.0 Å². The van der Waals surface area contributed by atoms with E-state index in [1.54, 1.807) is 42.9 Å². The van der Waals surface area contributed by atoms with E-state index in [-0.39, 0.29) is 24.1 Å². The summed E-state index contributed by atoms with van der Waals surface area (Å²) < 4.78 is 39.8. The van der Waals surface area contributed by atoms with Crippen LogP contribution in [0.15, 0.2) is 60.0 Å². The Labute approximate surface area is 186 Å². The number of carbonyl (C=O) groups excluding carboxylic acids is 2. The second-order valence-corrected chi connectivity index (χ2v) is 7.94. The SMILES string of the molecule is CN(Cc1ccc(C(F)(F)F)cc1)C(=O)c1cccc(NC(=O)CSc2nncn2C)c1. The van der Waals surface area contributed by atoms with Gasteiger partial charge in [0.05, 0.1) is 11.3 Å². The van der Waals surface area contributed by atoms with Gasteiger partial charge in [0.2, 0.25) is 5.91 Å². The van der Waals surface area contributed by atoms with Gasteiger partial charge in [0.15, 0.2) is 5.16 Å². The standard InChI is InChI=1S/C21H20F3N5O2S/c1-28(11-14-6-8-16(9-7-14)21(22,23)24)19(31)15-4-3-5-17(10-15)26-18(30)12-32-20-27-25-13-29(20)2/h3-10,13H,11-12H2,1-2H3,(H,26,30). The van der Waals surface area contributed by atoms with Crippen molar-refractivity contribution in [1.82, 2.24) is 19.7 Å². The first-order valence-electron chi connectivity index (χ1n) is 9.42. The van der Waals surface area contributed by atoms with Gasteiger partial charge >= 0.3 is 6.18 Å². The lowest BCUT2D eigenvalue weighted by Crippen LogP contribution is -2.26. The van der Waals surface area contributed by atoms with Gasteiger partial charge < -0.3 is 14.8 Å². The number of nitrogens with one attached hydrogen (secondary N) is 1. The van der Waals surface area contributed by atoms with Crippen LogP contribution in [0.2, 0.25) is 0 Å². The summed E-state index contributed by atoms with van der Waals surface area (Å²) in [6, 6.07) is 11.1. The van der Waals surface area contributed by atoms with Gasteiger partial charge in [0.1, 0.15) is 6.33 Å². The Balaban J connectivity index is 1.59. The largest absolute Gasteiger partial charge is 0.416 e. The Bertz CT molecular complexity index is 1100. The Hall–Kier alpha value is -3.34. The molecule has 0 aliphatic carbocycles. The fourth-order valence-corrected chi connectivity index (χ4v) is 3.51. The number of halogens is 3. The maximum absolute atomic E-state index is 12.7. The van der Waals surface area contributed by atoms with Gasteiger partial charge in [0.25, 0.3) is 5.91 Å². The number of anilines is 1. The molecule has 7 nitrogen and oxygen atoms in total. The lowest BCUT2D eigenvalue weighted by Gasteiger charge is -2.18. The smallest absolute Gasteiger partial charge is 0.337 e. The van der Waals surface area contributed by atoms with E-state index < -0.39 is 11.7 Å². The van der Waals surface area contributed by atoms with Crippen LogP contribution in [0.25, 0.3) is 0 Å². The molecule has 0 atom stereocenters. The summed E-state index contributed by atoms with van der Waals surface area (Å²) >= 11 is 1.23. The zero-order chi connectivity index (χ0) is 23.3. The summed E-state index contributed by atoms with van der Waals surface area (Å²) in [5.41, 5.74) is 0.635. The minimum absolute atomic E-state index is 0.124. The highest BCUT2D eigenvalue weighted by molar-refractivity contribution is 7.99. The van der Waals surface area contributed by atoms with E-state index in [0.29, 0.717) is 22.0 Å². The van der Waals surface area contributed by atoms with Crippen molar-refractivity contribution in [2.45, 2.75) is 17.9 Å². The molecule has 0 radical (unpaired) electrons. The minimum atomic E-state index is -4.40. The van der Waals surface area contributed by atoms with Crippen molar-refractivity contribution in [3.05, 3.63) is 71.5 Å². The summed E-state index contributed by atoms with van der Waals surface area (Å²) in [5, 5.41) is 11.0. The molecule has 1 N–H and O–H groups in total. The van der Waals surface area contributed by atoms with Gasteiger partial charge in [-0.2, -0.15) is 13.2 Å². The van der Waals surface area contributed by atoms with Crippen LogP contribution in [0.3, 0.4) is 0 Å². The molecule has 1 aromatic heterocycles. The first-order chi connectivity index (χ1) is 15.1. The maximum atomic E-state index is 12.7. The quantitative estimate of drug-likeness (QED) is 0.539. The van der Waals surface area contributed by atoms with Crippen molar-refractivity contribution >= 4 is 29.3 Å². The predicted octanol–water partition coefficient (Wildman–Crippen LogP) is 3.84. The first kappa shape index (κ1) is 23.3. The molecule has 1 heterocycles. The Morgan fingerprint density at radius 1 is 1.16 bits per heavy atom. The molecule has 3 aromatic rings. The van der Waals surface area contributed by atoms with Crippen molar-refractivity contribution in [2.75, 3.05) is 18.1 Å². The fraction of sp³-hybridized carbons (Fsp3) is 0.238. The van der Waals surface area contributed by atoms with Crippen molar-refractivity contribution in [1.29, 1.82) is 0 Å². The number of carbonyl (C=O) groups is 2. The number of hydrogen-bond donors (Lipinski definition) is 1. The second-order valence-electron chi connectivity index (χ2n) is 7.00. The highest BCUT2D eigenvalue weighted by Gasteiger charge is 2.30. The van der Waals surface area contributed by atoms with Crippen LogP contribution in [0, 0.1) is 0 Å². The van der Waals surface area contributed by atoms with Gasteiger partial charge in [-0.15, -0.1) is 10.2 Å². The van der Waals surface area contributed by atoms with Crippen LogP contribution in [-0.4, -0.2) is 44.3 Å². The zero-order valence-corrected chi connectivity index (χ0v) is 18.1. The Kier molecular flexibility index (Phi) is 7.18. The molecule has 0 aliphatic rings. The molecule has 11 heteroatoms. The van der Waals surface area contributed by atoms with Crippen LogP contribution in [0.4, 0.5) is 18.9 Å². The average molecular weight is 463 g/mol. The van der Waals surface area contributed by atoms with Gasteiger partial charge in [0, 0.05) is 31.9 Å². The fourth-order valence-electron chi connectivity index (χ4n) is 2.83. The number of hydrogen-bond acceptors (Lipinski definition) is 5. The van der Waals surface area contributed by atoms with Crippen molar-refractivity contribution < 1.29 is 22.8 Å². The zero-order valence-electron chi connectivity index (χ0n) is 17.3. The maximum Gasteiger partial charge on any atom is 0.416 e. The molecule has 2 amide bonds. The highest BCUT2D eigenvalue weighted by atomic mass is 32.2. The molecular formula is C21H20F3N5O2S. The van der Waals surface area contributed by atoms with Gasteiger partial charge in [-0.25, -0.2) is 0 Å². The third kappa shape index (κ3) is 6.10. The molecule has 0 saturated carbocycles. The summed E-state index contributed by atoms with van der Waals surface area (Å²) in [6.45, 7) is 0.141. The summed E-state index contributed by atoms with van der Waals surface area (Å²) in [5.74, 6) is -0.464. The highest BCUT2D eigenvalue weighted by Crippen LogP contribution is 2.29. The van der Waals surface area contributed by atoms with Gasteiger partial charge in [-0.3, -0.25) is 9.59 Å². The molecule has 0 spiro atoms. The number of aryl methyl sites for hydroxylation is 1. The minimum Gasteiger partial charge on any atom is -0.337 e. The number of rotatable bonds is 7. The molecular weight excluding hydrogens is 443 g/mol. The number of aromatic nitrogens is 3. The van der Waals surface area contributed by atoms with E-state index >= 15 is 0 Å². The van der Waals surface area contributed by atoms with E-state index in [1.807, 2.05) is 0 Å². The second kappa shape index (κ2) is 9.86. The average Bonchev–Trinajstić information content (AvgIpc) is 3.16. The van der Waals surface area contributed by atoms with Gasteiger partial charge in [-0.05, 0) is 35.9 Å². The predicted molar refractivity (Wildman–Crippen MR) is 114 cm³/mol. The molecule has 2 aromatic carbocycles. The molecule has 0 aliphatic heterocycles. The third-order valence-electron chi connectivity index (χ3n) is 4.44. The number of thioether (sulfide) groups is 1. The monoisotopic (exact) mass is 463 g/mol. The number of amides is 2. The van der Waals surface area contributed by atoms with E-state index in [1.165, 1.54) is 35.1 Å². The van der Waals surface area contributed by atoms with Crippen molar-refractivity contribution in [3.63, 3.8) is 0 Å². The third-order valence-corrected chi connectivity index (χ3v) is 5.48. The van der Waals surface area contributed by atoms with E-state index in [9.17, 15) is 22.8 Å². The number of alkyl halides is 3. The van der Waals surface area contributed by atoms with E-state index in [0.717, 1.165) is 12.1 Å². The molecule has 3 rings (SSSR count). The molecule has 0 saturated heterocycles. The molecule has 0 bridgehead atoms. The Morgan fingerprint density at radius 2 is 1.88 bits per heavy atom.